The predicted molar refractivity (Wildman–Crippen MR) is 84.7 cm³/mol. The molecule has 21 heavy (non-hydrogen) atoms. The fourth-order valence-electron chi connectivity index (χ4n) is 3.54. The molecule has 2 aromatic rings. The summed E-state index contributed by atoms with van der Waals surface area (Å²) in [6, 6.07) is 6.17. The van der Waals surface area contributed by atoms with Crippen LogP contribution in [0.1, 0.15) is 28.9 Å². The minimum Gasteiger partial charge on any atom is -0.347 e. The molecule has 3 fully saturated rings. The highest BCUT2D eigenvalue weighted by Crippen LogP contribution is 2.28. The summed E-state index contributed by atoms with van der Waals surface area (Å²) >= 11 is 1.48. The lowest BCUT2D eigenvalue weighted by atomic mass is 9.94. The Balaban J connectivity index is 1.50. The number of fused-ring (bicyclic) bond motifs is 5. The average molecular weight is 301 g/mol. The molecule has 3 aliphatic rings. The molecule has 0 aliphatic carbocycles. The van der Waals surface area contributed by atoms with E-state index in [-0.39, 0.29) is 5.91 Å². The van der Waals surface area contributed by atoms with Crippen LogP contribution in [0.15, 0.2) is 24.4 Å². The number of carbonyl (C=O) groups is 1. The molecule has 1 unspecified atom stereocenters. The Hall–Kier alpha value is -1.46. The smallest absolute Gasteiger partial charge is 0.261 e. The number of hydrogen-bond acceptors (Lipinski definition) is 4. The van der Waals surface area contributed by atoms with E-state index in [9.17, 15) is 4.79 Å². The van der Waals surface area contributed by atoms with Gasteiger partial charge in [-0.1, -0.05) is 6.07 Å². The van der Waals surface area contributed by atoms with Crippen LogP contribution in [-0.2, 0) is 0 Å². The minimum atomic E-state index is 0.0606. The van der Waals surface area contributed by atoms with E-state index < -0.39 is 0 Å². The summed E-state index contributed by atoms with van der Waals surface area (Å²) in [7, 11) is 0. The second-order valence-electron chi connectivity index (χ2n) is 6.16. The Morgan fingerprint density at radius 1 is 1.38 bits per heavy atom. The Morgan fingerprint density at radius 3 is 3.05 bits per heavy atom. The summed E-state index contributed by atoms with van der Waals surface area (Å²) in [5.74, 6) is 0.851. The summed E-state index contributed by atoms with van der Waals surface area (Å²) in [6.07, 6.45) is 5.49. The topological polar surface area (TPSA) is 45.2 Å². The van der Waals surface area contributed by atoms with Crippen LogP contribution in [-0.4, -0.2) is 41.5 Å². The number of aromatic nitrogens is 1. The number of nitrogens with zero attached hydrogens (tertiary/aromatic N) is 2. The highest BCUT2D eigenvalue weighted by atomic mass is 32.1. The van der Waals surface area contributed by atoms with Crippen LogP contribution in [0, 0.1) is 5.92 Å². The molecule has 5 heteroatoms. The third-order valence-corrected chi connectivity index (χ3v) is 5.71. The lowest BCUT2D eigenvalue weighted by Gasteiger charge is -2.26. The van der Waals surface area contributed by atoms with E-state index in [1.54, 1.807) is 6.20 Å². The van der Waals surface area contributed by atoms with Gasteiger partial charge in [0.05, 0.1) is 4.88 Å². The second kappa shape index (κ2) is 5.39. The van der Waals surface area contributed by atoms with Gasteiger partial charge in [-0.25, -0.2) is 4.98 Å². The molecular formula is C16H19N3OS. The van der Waals surface area contributed by atoms with Crippen LogP contribution in [0.5, 0.6) is 0 Å². The van der Waals surface area contributed by atoms with Crippen molar-refractivity contribution >= 4 is 27.5 Å². The highest BCUT2D eigenvalue weighted by Gasteiger charge is 2.30. The largest absolute Gasteiger partial charge is 0.347 e. The van der Waals surface area contributed by atoms with Gasteiger partial charge in [0.15, 0.2) is 0 Å². The van der Waals surface area contributed by atoms with E-state index in [0.717, 1.165) is 34.0 Å². The van der Waals surface area contributed by atoms with Crippen molar-refractivity contribution in [3.05, 3.63) is 29.3 Å². The molecule has 5 rings (SSSR count). The fraction of sp³-hybridized carbons (Fsp3) is 0.500. The van der Waals surface area contributed by atoms with Gasteiger partial charge in [0.1, 0.15) is 4.83 Å². The predicted octanol–water partition coefficient (Wildman–Crippen LogP) is 2.51. The number of amides is 1. The molecule has 1 amide bonds. The van der Waals surface area contributed by atoms with Gasteiger partial charge in [-0.05, 0) is 50.4 Å². The first-order valence-electron chi connectivity index (χ1n) is 7.66. The van der Waals surface area contributed by atoms with Crippen molar-refractivity contribution < 1.29 is 4.79 Å². The Morgan fingerprint density at radius 2 is 2.24 bits per heavy atom. The van der Waals surface area contributed by atoms with Gasteiger partial charge in [-0.2, -0.15) is 0 Å². The minimum absolute atomic E-state index is 0.0606. The number of rotatable bonds is 2. The molecular weight excluding hydrogens is 282 g/mol. The maximum Gasteiger partial charge on any atom is 0.261 e. The number of thiophene rings is 1. The van der Waals surface area contributed by atoms with Crippen molar-refractivity contribution in [2.24, 2.45) is 5.92 Å². The number of pyridine rings is 1. The van der Waals surface area contributed by atoms with Crippen LogP contribution < -0.4 is 5.32 Å². The maximum atomic E-state index is 12.5. The summed E-state index contributed by atoms with van der Waals surface area (Å²) in [4.78, 5) is 21.0. The van der Waals surface area contributed by atoms with Gasteiger partial charge in [0.25, 0.3) is 5.91 Å². The maximum absolute atomic E-state index is 12.5. The van der Waals surface area contributed by atoms with E-state index in [4.69, 9.17) is 0 Å². The Labute approximate surface area is 128 Å². The standard InChI is InChI=1S/C16H19N3OS/c20-15(14-9-12-2-1-5-17-16(12)21-14)18-13-8-11-3-6-19(10-13)7-4-11/h1-2,5,9,11,13H,3-4,6-8,10H2,(H,18,20). The lowest BCUT2D eigenvalue weighted by molar-refractivity contribution is 0.0933. The number of carbonyl (C=O) groups excluding carboxylic acids is 1. The lowest BCUT2D eigenvalue weighted by Crippen LogP contribution is -2.41. The SMILES string of the molecule is O=C(NC1CC2CCN(CC2)C1)c1cc2cccnc2s1. The first-order chi connectivity index (χ1) is 10.3. The van der Waals surface area contributed by atoms with Gasteiger partial charge >= 0.3 is 0 Å². The summed E-state index contributed by atoms with van der Waals surface area (Å²) in [6.45, 7) is 3.40. The third-order valence-electron chi connectivity index (χ3n) is 4.66. The van der Waals surface area contributed by atoms with Crippen molar-refractivity contribution in [3.8, 4) is 0 Å². The molecule has 110 valence electrons. The van der Waals surface area contributed by atoms with E-state index in [0.29, 0.717) is 6.04 Å². The van der Waals surface area contributed by atoms with Gasteiger partial charge < -0.3 is 10.2 Å². The van der Waals surface area contributed by atoms with E-state index in [2.05, 4.69) is 15.2 Å². The summed E-state index contributed by atoms with van der Waals surface area (Å²) < 4.78 is 0. The number of piperidine rings is 1. The summed E-state index contributed by atoms with van der Waals surface area (Å²) in [5, 5.41) is 4.29. The molecule has 2 bridgehead atoms. The molecule has 4 nitrogen and oxygen atoms in total. The van der Waals surface area contributed by atoms with Crippen LogP contribution in [0.25, 0.3) is 10.2 Å². The quantitative estimate of drug-likeness (QED) is 0.927. The summed E-state index contributed by atoms with van der Waals surface area (Å²) in [5.41, 5.74) is 0. The highest BCUT2D eigenvalue weighted by molar-refractivity contribution is 7.20. The molecule has 3 aliphatic heterocycles. The molecule has 0 saturated carbocycles. The average Bonchev–Trinajstić information content (AvgIpc) is 2.73. The number of nitrogens with one attached hydrogen (secondary N) is 1. The molecule has 2 aromatic heterocycles. The first-order valence-corrected chi connectivity index (χ1v) is 8.47. The fourth-order valence-corrected chi connectivity index (χ4v) is 4.44. The Bertz CT molecular complexity index is 613. The van der Waals surface area contributed by atoms with Gasteiger partial charge in [0, 0.05) is 24.2 Å². The van der Waals surface area contributed by atoms with Crippen molar-refractivity contribution in [2.45, 2.75) is 25.3 Å². The third kappa shape index (κ3) is 2.68. The van der Waals surface area contributed by atoms with E-state index in [1.165, 1.54) is 37.3 Å². The molecule has 0 radical (unpaired) electrons. The van der Waals surface area contributed by atoms with Gasteiger partial charge in [-0.3, -0.25) is 4.79 Å². The molecule has 5 heterocycles. The molecule has 3 saturated heterocycles. The first kappa shape index (κ1) is 13.2. The van der Waals surface area contributed by atoms with Crippen molar-refractivity contribution in [1.29, 1.82) is 0 Å². The molecule has 0 spiro atoms. The van der Waals surface area contributed by atoms with Crippen LogP contribution in [0.4, 0.5) is 0 Å². The van der Waals surface area contributed by atoms with E-state index >= 15 is 0 Å². The van der Waals surface area contributed by atoms with Gasteiger partial charge in [-0.15, -0.1) is 11.3 Å². The molecule has 0 aromatic carbocycles. The molecule has 1 N–H and O–H groups in total. The van der Waals surface area contributed by atoms with E-state index in [1.807, 2.05) is 18.2 Å². The zero-order valence-corrected chi connectivity index (χ0v) is 12.7. The number of hydrogen-bond donors (Lipinski definition) is 1. The van der Waals surface area contributed by atoms with Crippen molar-refractivity contribution in [3.63, 3.8) is 0 Å². The van der Waals surface area contributed by atoms with Crippen LogP contribution in [0.3, 0.4) is 0 Å². The van der Waals surface area contributed by atoms with Crippen LogP contribution >= 0.6 is 11.3 Å². The van der Waals surface area contributed by atoms with Gasteiger partial charge in [0.2, 0.25) is 0 Å². The zero-order chi connectivity index (χ0) is 14.2. The second-order valence-corrected chi connectivity index (χ2v) is 7.19. The Kier molecular flexibility index (Phi) is 3.39. The monoisotopic (exact) mass is 301 g/mol. The normalized spacial score (nSPS) is 28.5. The zero-order valence-electron chi connectivity index (χ0n) is 11.9. The van der Waals surface area contributed by atoms with Crippen molar-refractivity contribution in [2.75, 3.05) is 19.6 Å². The van der Waals surface area contributed by atoms with Crippen molar-refractivity contribution in [1.82, 2.24) is 15.2 Å². The van der Waals surface area contributed by atoms with Crippen LogP contribution in [0.2, 0.25) is 0 Å². The molecule has 1 atom stereocenters.